The number of aromatic amines is 1. The van der Waals surface area contributed by atoms with Crippen molar-refractivity contribution in [1.29, 1.82) is 0 Å². The predicted molar refractivity (Wildman–Crippen MR) is 79.2 cm³/mol. The molecule has 1 aromatic heterocycles. The topological polar surface area (TPSA) is 56.8 Å². The summed E-state index contributed by atoms with van der Waals surface area (Å²) in [5.41, 5.74) is 0.426. The first-order valence-electron chi connectivity index (χ1n) is 6.49. The maximum atomic E-state index is 13.9. The van der Waals surface area contributed by atoms with E-state index in [1.165, 1.54) is 6.07 Å². The van der Waals surface area contributed by atoms with Gasteiger partial charge in [0.25, 0.3) is 0 Å². The van der Waals surface area contributed by atoms with Crippen LogP contribution in [-0.4, -0.2) is 40.9 Å². The molecule has 3 rings (SSSR count). The minimum Gasteiger partial charge on any atom is -0.337 e. The number of H-pyrrole nitrogens is 1. The van der Waals surface area contributed by atoms with Crippen molar-refractivity contribution in [2.75, 3.05) is 24.5 Å². The van der Waals surface area contributed by atoms with Crippen LogP contribution in [0.15, 0.2) is 22.7 Å². The van der Waals surface area contributed by atoms with E-state index in [0.29, 0.717) is 27.9 Å². The highest BCUT2D eigenvalue weighted by molar-refractivity contribution is 9.10. The van der Waals surface area contributed by atoms with Gasteiger partial charge in [0, 0.05) is 30.1 Å². The van der Waals surface area contributed by atoms with Crippen LogP contribution in [0.25, 0.3) is 11.4 Å². The fraction of sp³-hybridized carbons (Fsp3) is 0.385. The van der Waals surface area contributed by atoms with Crippen molar-refractivity contribution in [3.05, 3.63) is 28.5 Å². The van der Waals surface area contributed by atoms with Gasteiger partial charge in [-0.3, -0.25) is 5.10 Å². The van der Waals surface area contributed by atoms with Gasteiger partial charge in [0.2, 0.25) is 5.95 Å². The van der Waals surface area contributed by atoms with Crippen molar-refractivity contribution >= 4 is 21.9 Å². The third-order valence-electron chi connectivity index (χ3n) is 3.31. The van der Waals surface area contributed by atoms with Crippen LogP contribution in [0, 0.1) is 5.82 Å². The quantitative estimate of drug-likeness (QED) is 0.880. The molecule has 106 valence electrons. The number of rotatable bonds is 2. The van der Waals surface area contributed by atoms with Crippen LogP contribution in [0.4, 0.5) is 10.3 Å². The molecule has 1 aliphatic rings. The summed E-state index contributed by atoms with van der Waals surface area (Å²) in [5.74, 6) is 0.752. The van der Waals surface area contributed by atoms with E-state index in [1.807, 2.05) is 0 Å². The molecule has 1 aliphatic heterocycles. The number of aromatic nitrogens is 3. The second-order valence-electron chi connectivity index (χ2n) is 4.91. The second kappa shape index (κ2) is 5.49. The minimum absolute atomic E-state index is 0.323. The van der Waals surface area contributed by atoms with Crippen molar-refractivity contribution in [3.63, 3.8) is 0 Å². The molecule has 1 atom stereocenters. The molecule has 2 N–H and O–H groups in total. The first kappa shape index (κ1) is 13.5. The van der Waals surface area contributed by atoms with Crippen molar-refractivity contribution in [3.8, 4) is 11.4 Å². The van der Waals surface area contributed by atoms with Crippen molar-refractivity contribution < 1.29 is 4.39 Å². The van der Waals surface area contributed by atoms with Gasteiger partial charge in [0.05, 0.1) is 5.56 Å². The van der Waals surface area contributed by atoms with Gasteiger partial charge >= 0.3 is 0 Å². The number of piperazine rings is 1. The number of anilines is 1. The number of nitrogens with zero attached hydrogens (tertiary/aromatic N) is 3. The molecular formula is C13H15BrFN5. The molecule has 2 aromatic rings. The molecule has 1 saturated heterocycles. The number of benzene rings is 1. The van der Waals surface area contributed by atoms with Crippen molar-refractivity contribution in [2.24, 2.45) is 0 Å². The van der Waals surface area contributed by atoms with Crippen molar-refractivity contribution in [1.82, 2.24) is 20.5 Å². The summed E-state index contributed by atoms with van der Waals surface area (Å²) in [7, 11) is 0. The fourth-order valence-electron chi connectivity index (χ4n) is 2.31. The van der Waals surface area contributed by atoms with E-state index in [1.54, 1.807) is 12.1 Å². The Morgan fingerprint density at radius 1 is 1.45 bits per heavy atom. The number of hydrogen-bond acceptors (Lipinski definition) is 4. The van der Waals surface area contributed by atoms with E-state index >= 15 is 0 Å². The average molecular weight is 340 g/mol. The number of hydrogen-bond donors (Lipinski definition) is 2. The summed E-state index contributed by atoms with van der Waals surface area (Å²) in [4.78, 5) is 6.50. The van der Waals surface area contributed by atoms with Gasteiger partial charge < -0.3 is 10.2 Å². The molecule has 0 radical (unpaired) electrons. The van der Waals surface area contributed by atoms with E-state index in [0.717, 1.165) is 19.6 Å². The van der Waals surface area contributed by atoms with Crippen LogP contribution in [0.1, 0.15) is 6.92 Å². The van der Waals surface area contributed by atoms with Crippen LogP contribution in [0.2, 0.25) is 0 Å². The minimum atomic E-state index is -0.323. The Balaban J connectivity index is 1.86. The molecule has 20 heavy (non-hydrogen) atoms. The van der Waals surface area contributed by atoms with Crippen LogP contribution in [-0.2, 0) is 0 Å². The van der Waals surface area contributed by atoms with Gasteiger partial charge in [-0.1, -0.05) is 15.9 Å². The SMILES string of the molecule is C[C@H]1CN(c2n[nH]c(-c3ccc(Br)cc3F)n2)CCN1. The fourth-order valence-corrected chi connectivity index (χ4v) is 2.64. The second-order valence-corrected chi connectivity index (χ2v) is 5.83. The smallest absolute Gasteiger partial charge is 0.245 e. The van der Waals surface area contributed by atoms with Crippen LogP contribution in [0.5, 0.6) is 0 Å². The number of halogens is 2. The Kier molecular flexibility index (Phi) is 3.71. The molecule has 1 fully saturated rings. The molecule has 0 amide bonds. The molecule has 0 bridgehead atoms. The Labute approximate surface area is 124 Å². The van der Waals surface area contributed by atoms with E-state index < -0.39 is 0 Å². The van der Waals surface area contributed by atoms with E-state index in [2.05, 4.69) is 48.3 Å². The van der Waals surface area contributed by atoms with Crippen LogP contribution < -0.4 is 10.2 Å². The van der Waals surface area contributed by atoms with Crippen LogP contribution in [0.3, 0.4) is 0 Å². The first-order chi connectivity index (χ1) is 9.63. The largest absolute Gasteiger partial charge is 0.337 e. The Morgan fingerprint density at radius 2 is 2.30 bits per heavy atom. The molecule has 5 nitrogen and oxygen atoms in total. The monoisotopic (exact) mass is 339 g/mol. The first-order valence-corrected chi connectivity index (χ1v) is 7.29. The number of nitrogens with one attached hydrogen (secondary N) is 2. The summed E-state index contributed by atoms with van der Waals surface area (Å²) in [6.45, 7) is 4.72. The average Bonchev–Trinajstić information content (AvgIpc) is 2.88. The summed E-state index contributed by atoms with van der Waals surface area (Å²) >= 11 is 3.24. The zero-order valence-corrected chi connectivity index (χ0v) is 12.6. The van der Waals surface area contributed by atoms with Gasteiger partial charge in [0.1, 0.15) is 5.82 Å². The maximum Gasteiger partial charge on any atom is 0.245 e. The highest BCUT2D eigenvalue weighted by atomic mass is 79.9. The lowest BCUT2D eigenvalue weighted by Gasteiger charge is -2.30. The standard InChI is InChI=1S/C13H15BrFN5/c1-8-7-20(5-4-16-8)13-17-12(18-19-13)10-3-2-9(14)6-11(10)15/h2-3,6,8,16H,4-5,7H2,1H3,(H,17,18,19)/t8-/m0/s1. The highest BCUT2D eigenvalue weighted by Crippen LogP contribution is 2.24. The molecular weight excluding hydrogens is 325 g/mol. The molecule has 0 aliphatic carbocycles. The third-order valence-corrected chi connectivity index (χ3v) is 3.80. The Bertz CT molecular complexity index is 615. The molecule has 0 saturated carbocycles. The van der Waals surface area contributed by atoms with Crippen LogP contribution >= 0.6 is 15.9 Å². The zero-order chi connectivity index (χ0) is 14.1. The molecule has 2 heterocycles. The maximum absolute atomic E-state index is 13.9. The summed E-state index contributed by atoms with van der Waals surface area (Å²) in [6.07, 6.45) is 0. The lowest BCUT2D eigenvalue weighted by atomic mass is 10.2. The van der Waals surface area contributed by atoms with Gasteiger partial charge in [-0.2, -0.15) is 4.98 Å². The normalized spacial score (nSPS) is 19.4. The van der Waals surface area contributed by atoms with Gasteiger partial charge in [-0.05, 0) is 25.1 Å². The molecule has 7 heteroatoms. The van der Waals surface area contributed by atoms with Gasteiger partial charge in [-0.15, -0.1) is 5.10 Å². The zero-order valence-electron chi connectivity index (χ0n) is 11.0. The summed E-state index contributed by atoms with van der Waals surface area (Å²) in [5, 5.41) is 10.4. The van der Waals surface area contributed by atoms with E-state index in [9.17, 15) is 4.39 Å². The van der Waals surface area contributed by atoms with E-state index in [4.69, 9.17) is 0 Å². The summed E-state index contributed by atoms with van der Waals surface area (Å²) < 4.78 is 14.6. The molecule has 0 unspecified atom stereocenters. The molecule has 0 spiro atoms. The van der Waals surface area contributed by atoms with Gasteiger partial charge in [0.15, 0.2) is 5.82 Å². The molecule has 1 aromatic carbocycles. The highest BCUT2D eigenvalue weighted by Gasteiger charge is 2.20. The van der Waals surface area contributed by atoms with E-state index in [-0.39, 0.29) is 5.82 Å². The summed E-state index contributed by atoms with van der Waals surface area (Å²) in [6, 6.07) is 5.29. The van der Waals surface area contributed by atoms with Crippen molar-refractivity contribution in [2.45, 2.75) is 13.0 Å². The predicted octanol–water partition coefficient (Wildman–Crippen LogP) is 2.17. The lowest BCUT2D eigenvalue weighted by molar-refractivity contribution is 0.480. The third kappa shape index (κ3) is 2.69. The lowest BCUT2D eigenvalue weighted by Crippen LogP contribution is -2.49. The Hall–Kier alpha value is -1.47. The van der Waals surface area contributed by atoms with Gasteiger partial charge in [-0.25, -0.2) is 4.39 Å². The Morgan fingerprint density at radius 3 is 3.05 bits per heavy atom.